The quantitative estimate of drug-likeness (QED) is 0.267. The summed E-state index contributed by atoms with van der Waals surface area (Å²) in [5.74, 6) is -2.48. The first-order valence-electron chi connectivity index (χ1n) is 11.4. The zero-order valence-corrected chi connectivity index (χ0v) is 19.0. The van der Waals surface area contributed by atoms with Gasteiger partial charge in [-0.2, -0.15) is 0 Å². The lowest BCUT2D eigenvalue weighted by Crippen LogP contribution is -2.57. The predicted molar refractivity (Wildman–Crippen MR) is 123 cm³/mol. The summed E-state index contributed by atoms with van der Waals surface area (Å²) in [7, 11) is 0. The van der Waals surface area contributed by atoms with E-state index in [9.17, 15) is 24.3 Å². The fraction of sp³-hybridized carbons (Fsp3) is 0.565. The van der Waals surface area contributed by atoms with E-state index in [0.717, 1.165) is 5.56 Å². The van der Waals surface area contributed by atoms with E-state index in [4.69, 9.17) is 11.5 Å². The van der Waals surface area contributed by atoms with Gasteiger partial charge in [0.15, 0.2) is 0 Å². The topological polar surface area (TPSA) is 168 Å². The lowest BCUT2D eigenvalue weighted by Gasteiger charge is -2.30. The molecule has 1 saturated heterocycles. The van der Waals surface area contributed by atoms with Gasteiger partial charge in [0.1, 0.15) is 18.1 Å². The first-order chi connectivity index (χ1) is 15.7. The maximum Gasteiger partial charge on any atom is 0.326 e. The molecule has 1 aromatic carbocycles. The lowest BCUT2D eigenvalue weighted by atomic mass is 10.0. The largest absolute Gasteiger partial charge is 0.480 e. The number of carboxylic acid groups (broad SMARTS) is 1. The molecule has 4 atom stereocenters. The summed E-state index contributed by atoms with van der Waals surface area (Å²) in [6.07, 6.45) is 2.78. The van der Waals surface area contributed by atoms with E-state index in [1.54, 1.807) is 0 Å². The lowest BCUT2D eigenvalue weighted by molar-refractivity contribution is -0.145. The number of carbonyl (C=O) groups is 4. The first-order valence-corrected chi connectivity index (χ1v) is 11.4. The van der Waals surface area contributed by atoms with Crippen molar-refractivity contribution < 1.29 is 24.3 Å². The smallest absolute Gasteiger partial charge is 0.326 e. The highest BCUT2D eigenvalue weighted by Gasteiger charge is 2.39. The summed E-state index contributed by atoms with van der Waals surface area (Å²) in [6, 6.07) is 5.72. The average molecular weight is 462 g/mol. The summed E-state index contributed by atoms with van der Waals surface area (Å²) < 4.78 is 0. The minimum absolute atomic E-state index is 0.250. The highest BCUT2D eigenvalue weighted by Crippen LogP contribution is 2.20. The Hall–Kier alpha value is -2.98. The molecule has 3 amide bonds. The van der Waals surface area contributed by atoms with Gasteiger partial charge in [-0.25, -0.2) is 4.79 Å². The molecule has 10 nitrogen and oxygen atoms in total. The summed E-state index contributed by atoms with van der Waals surface area (Å²) in [6.45, 7) is 2.32. The van der Waals surface area contributed by atoms with Crippen molar-refractivity contribution in [1.82, 2.24) is 15.5 Å². The molecule has 0 aliphatic carbocycles. The fourth-order valence-corrected chi connectivity index (χ4v) is 3.87. The van der Waals surface area contributed by atoms with Gasteiger partial charge in [0.05, 0.1) is 6.04 Å². The van der Waals surface area contributed by atoms with E-state index in [1.165, 1.54) is 11.8 Å². The fourth-order valence-electron chi connectivity index (χ4n) is 3.87. The Bertz CT molecular complexity index is 817. The Morgan fingerprint density at radius 1 is 1.12 bits per heavy atom. The van der Waals surface area contributed by atoms with Gasteiger partial charge < -0.3 is 32.1 Å². The molecule has 0 saturated carbocycles. The van der Waals surface area contributed by atoms with Crippen molar-refractivity contribution in [2.24, 2.45) is 11.5 Å². The molecule has 1 aliphatic rings. The van der Waals surface area contributed by atoms with Crippen LogP contribution in [0.5, 0.6) is 0 Å². The Morgan fingerprint density at radius 3 is 2.42 bits per heavy atom. The molecule has 0 radical (unpaired) electrons. The first kappa shape index (κ1) is 26.3. The maximum atomic E-state index is 13.4. The second-order valence-electron chi connectivity index (χ2n) is 8.41. The number of likely N-dealkylation sites (tertiary alicyclic amines) is 1. The minimum Gasteiger partial charge on any atom is -0.480 e. The number of hydrogen-bond acceptors (Lipinski definition) is 6. The average Bonchev–Trinajstić information content (AvgIpc) is 3.28. The van der Waals surface area contributed by atoms with Gasteiger partial charge in [-0.05, 0) is 51.1 Å². The van der Waals surface area contributed by atoms with E-state index in [-0.39, 0.29) is 18.7 Å². The summed E-state index contributed by atoms with van der Waals surface area (Å²) in [5, 5.41) is 14.7. The van der Waals surface area contributed by atoms with Crippen LogP contribution in [0.3, 0.4) is 0 Å². The minimum atomic E-state index is -1.12. The number of nitrogens with one attached hydrogen (secondary N) is 2. The van der Waals surface area contributed by atoms with Gasteiger partial charge in [0.2, 0.25) is 17.7 Å². The van der Waals surface area contributed by atoms with E-state index >= 15 is 0 Å². The molecular formula is C23H35N5O5. The number of rotatable bonds is 12. The van der Waals surface area contributed by atoms with Crippen LogP contribution < -0.4 is 22.1 Å². The number of carboxylic acids is 1. The van der Waals surface area contributed by atoms with Crippen molar-refractivity contribution in [2.75, 3.05) is 13.1 Å². The molecule has 1 fully saturated rings. The molecule has 1 aromatic rings. The van der Waals surface area contributed by atoms with Gasteiger partial charge in [0.25, 0.3) is 0 Å². The predicted octanol–water partition coefficient (Wildman–Crippen LogP) is -0.249. The normalized spacial score (nSPS) is 18.3. The SMILES string of the molecule is CC(N)C(=O)NC(Cc1ccccc1)C(=O)N1CCCC1C(=O)NC(CCCCN)C(=O)O. The molecule has 10 heteroatoms. The number of aliphatic carboxylic acids is 1. The Labute approximate surface area is 194 Å². The van der Waals surface area contributed by atoms with Gasteiger partial charge in [-0.3, -0.25) is 14.4 Å². The summed E-state index contributed by atoms with van der Waals surface area (Å²) >= 11 is 0. The van der Waals surface area contributed by atoms with Crippen molar-refractivity contribution in [2.45, 2.75) is 69.6 Å². The molecule has 4 unspecified atom stereocenters. The van der Waals surface area contributed by atoms with Gasteiger partial charge in [-0.1, -0.05) is 30.3 Å². The third-order valence-corrected chi connectivity index (χ3v) is 5.71. The second kappa shape index (κ2) is 12.9. The van der Waals surface area contributed by atoms with Gasteiger partial charge >= 0.3 is 5.97 Å². The third-order valence-electron chi connectivity index (χ3n) is 5.71. The summed E-state index contributed by atoms with van der Waals surface area (Å²) in [4.78, 5) is 51.6. The van der Waals surface area contributed by atoms with Crippen LogP contribution in [-0.2, 0) is 25.6 Å². The van der Waals surface area contributed by atoms with E-state index in [0.29, 0.717) is 38.8 Å². The molecule has 0 aromatic heterocycles. The highest BCUT2D eigenvalue weighted by molar-refractivity contribution is 5.94. The summed E-state index contributed by atoms with van der Waals surface area (Å²) in [5.41, 5.74) is 12.0. The van der Waals surface area contributed by atoms with Crippen LogP contribution in [0.25, 0.3) is 0 Å². The number of amides is 3. The third kappa shape index (κ3) is 7.83. The zero-order valence-electron chi connectivity index (χ0n) is 19.0. The van der Waals surface area contributed by atoms with Crippen LogP contribution in [0.4, 0.5) is 0 Å². The highest BCUT2D eigenvalue weighted by atomic mass is 16.4. The van der Waals surface area contributed by atoms with Crippen LogP contribution in [0, 0.1) is 0 Å². The molecule has 182 valence electrons. The monoisotopic (exact) mass is 461 g/mol. The number of carbonyl (C=O) groups excluding carboxylic acids is 3. The van der Waals surface area contributed by atoms with Crippen molar-refractivity contribution >= 4 is 23.7 Å². The van der Waals surface area contributed by atoms with Crippen LogP contribution >= 0.6 is 0 Å². The van der Waals surface area contributed by atoms with Crippen LogP contribution in [-0.4, -0.2) is 71.0 Å². The number of benzene rings is 1. The van der Waals surface area contributed by atoms with Crippen LogP contribution in [0.1, 0.15) is 44.6 Å². The molecule has 1 aliphatic heterocycles. The second-order valence-corrected chi connectivity index (χ2v) is 8.41. The molecule has 33 heavy (non-hydrogen) atoms. The Balaban J connectivity index is 2.14. The Morgan fingerprint density at radius 2 is 1.82 bits per heavy atom. The number of hydrogen-bond donors (Lipinski definition) is 5. The van der Waals surface area contributed by atoms with Gasteiger partial charge in [0, 0.05) is 13.0 Å². The van der Waals surface area contributed by atoms with Crippen molar-refractivity contribution in [3.05, 3.63) is 35.9 Å². The molecule has 2 rings (SSSR count). The van der Waals surface area contributed by atoms with E-state index in [2.05, 4.69) is 10.6 Å². The van der Waals surface area contributed by atoms with Crippen molar-refractivity contribution in [3.63, 3.8) is 0 Å². The number of nitrogens with two attached hydrogens (primary N) is 2. The van der Waals surface area contributed by atoms with E-state index < -0.39 is 42.0 Å². The van der Waals surface area contributed by atoms with Gasteiger partial charge in [-0.15, -0.1) is 0 Å². The van der Waals surface area contributed by atoms with Crippen molar-refractivity contribution in [3.8, 4) is 0 Å². The Kier molecular flexibility index (Phi) is 10.3. The van der Waals surface area contributed by atoms with Crippen LogP contribution in [0.15, 0.2) is 30.3 Å². The number of nitrogens with zero attached hydrogens (tertiary/aromatic N) is 1. The van der Waals surface area contributed by atoms with E-state index in [1.807, 2.05) is 30.3 Å². The molecular weight excluding hydrogens is 426 g/mol. The molecule has 0 spiro atoms. The van der Waals surface area contributed by atoms with Crippen molar-refractivity contribution in [1.29, 1.82) is 0 Å². The molecule has 1 heterocycles. The maximum absolute atomic E-state index is 13.4. The standard InChI is InChI=1S/C23H35N5O5/c1-15(25)20(29)27-18(14-16-8-3-2-4-9-16)22(31)28-13-7-11-19(28)21(30)26-17(23(32)33)10-5-6-12-24/h2-4,8-9,15,17-19H,5-7,10-14,24-25H2,1H3,(H,26,30)(H,27,29)(H,32,33). The van der Waals surface area contributed by atoms with Crippen LogP contribution in [0.2, 0.25) is 0 Å². The zero-order chi connectivity index (χ0) is 24.4. The molecule has 7 N–H and O–H groups in total. The number of unbranched alkanes of at least 4 members (excludes halogenated alkanes) is 1. The molecule has 0 bridgehead atoms.